The molecule has 2 aromatic carbocycles. The first-order chi connectivity index (χ1) is 15.4. The number of nitrogens with zero attached hydrogens (tertiary/aromatic N) is 3. The first kappa shape index (κ1) is 21.0. The maximum Gasteiger partial charge on any atom is 0.255 e. The van der Waals surface area contributed by atoms with E-state index in [1.54, 1.807) is 23.7 Å². The third-order valence-electron chi connectivity index (χ3n) is 5.38. The SMILES string of the molecule is CCOc1cc([C@@H]2C(C(=O)Nc3ccccc3C)=C(C)Nc3c(C#N)cnn32)ccc1O. The van der Waals surface area contributed by atoms with Gasteiger partial charge in [-0.15, -0.1) is 0 Å². The molecule has 1 aromatic heterocycles. The average Bonchev–Trinajstić information content (AvgIpc) is 3.18. The Balaban J connectivity index is 1.84. The largest absolute Gasteiger partial charge is 0.504 e. The molecule has 32 heavy (non-hydrogen) atoms. The van der Waals surface area contributed by atoms with E-state index in [0.717, 1.165) is 5.56 Å². The van der Waals surface area contributed by atoms with Gasteiger partial charge in [-0.25, -0.2) is 4.68 Å². The van der Waals surface area contributed by atoms with E-state index >= 15 is 0 Å². The van der Waals surface area contributed by atoms with Gasteiger partial charge in [0.05, 0.1) is 18.4 Å². The molecule has 1 amide bonds. The van der Waals surface area contributed by atoms with Gasteiger partial charge in [-0.1, -0.05) is 24.3 Å². The maximum atomic E-state index is 13.5. The smallest absolute Gasteiger partial charge is 0.255 e. The van der Waals surface area contributed by atoms with Crippen molar-refractivity contribution in [3.63, 3.8) is 0 Å². The van der Waals surface area contributed by atoms with Crippen molar-refractivity contribution in [3.05, 3.63) is 76.6 Å². The van der Waals surface area contributed by atoms with Crippen LogP contribution >= 0.6 is 0 Å². The first-order valence-corrected chi connectivity index (χ1v) is 10.2. The number of phenolic OH excluding ortho intramolecular Hbond substituents is 1. The number of allylic oxidation sites excluding steroid dienone is 1. The summed E-state index contributed by atoms with van der Waals surface area (Å²) in [5.41, 5.74) is 3.76. The minimum atomic E-state index is -0.628. The fraction of sp³-hybridized carbons (Fsp3) is 0.208. The number of carbonyl (C=O) groups is 1. The number of nitriles is 1. The molecule has 3 N–H and O–H groups in total. The summed E-state index contributed by atoms with van der Waals surface area (Å²) >= 11 is 0. The number of nitrogens with one attached hydrogen (secondary N) is 2. The Hall–Kier alpha value is -4.25. The molecule has 1 atom stereocenters. The number of hydrogen-bond donors (Lipinski definition) is 3. The maximum absolute atomic E-state index is 13.5. The van der Waals surface area contributed by atoms with Crippen LogP contribution in [0.2, 0.25) is 0 Å². The summed E-state index contributed by atoms with van der Waals surface area (Å²) in [6.45, 7) is 5.92. The van der Waals surface area contributed by atoms with Crippen LogP contribution in [0.4, 0.5) is 11.5 Å². The van der Waals surface area contributed by atoms with Crippen LogP contribution in [-0.2, 0) is 4.79 Å². The standard InChI is InChI=1S/C24H23N5O3/c1-4-32-20-11-16(9-10-19(20)30)22-21(24(31)28-18-8-6-5-7-14(18)2)15(3)27-23-17(12-25)13-26-29(22)23/h5-11,13,22,27,30H,4H2,1-3H3,(H,28,31)/t22-/m1/s1. The fourth-order valence-corrected chi connectivity index (χ4v) is 3.81. The molecule has 0 saturated heterocycles. The number of benzene rings is 2. The number of ether oxygens (including phenoxy) is 1. The van der Waals surface area contributed by atoms with Crippen molar-refractivity contribution in [2.75, 3.05) is 17.2 Å². The summed E-state index contributed by atoms with van der Waals surface area (Å²) in [4.78, 5) is 13.5. The van der Waals surface area contributed by atoms with E-state index in [2.05, 4.69) is 21.8 Å². The Bertz CT molecular complexity index is 1270. The second kappa shape index (κ2) is 8.47. The molecule has 8 heteroatoms. The lowest BCUT2D eigenvalue weighted by molar-refractivity contribution is -0.113. The molecule has 8 nitrogen and oxygen atoms in total. The monoisotopic (exact) mass is 429 g/mol. The number of aromatic hydroxyl groups is 1. The highest BCUT2D eigenvalue weighted by Crippen LogP contribution is 2.40. The van der Waals surface area contributed by atoms with Gasteiger partial charge in [0.1, 0.15) is 23.5 Å². The van der Waals surface area contributed by atoms with Gasteiger partial charge < -0.3 is 20.5 Å². The van der Waals surface area contributed by atoms with Crippen LogP contribution in [0.3, 0.4) is 0 Å². The number of amides is 1. The van der Waals surface area contributed by atoms with Crippen molar-refractivity contribution in [1.82, 2.24) is 9.78 Å². The Morgan fingerprint density at radius 2 is 2.09 bits per heavy atom. The van der Waals surface area contributed by atoms with Gasteiger partial charge in [0, 0.05) is 11.4 Å². The van der Waals surface area contributed by atoms with Crippen LogP contribution in [0, 0.1) is 18.3 Å². The number of fused-ring (bicyclic) bond motifs is 1. The molecule has 2 heterocycles. The number of hydrogen-bond acceptors (Lipinski definition) is 6. The summed E-state index contributed by atoms with van der Waals surface area (Å²) < 4.78 is 7.16. The first-order valence-electron chi connectivity index (χ1n) is 10.2. The molecular weight excluding hydrogens is 406 g/mol. The number of phenols is 1. The highest BCUT2D eigenvalue weighted by molar-refractivity contribution is 6.06. The molecule has 0 fully saturated rings. The third-order valence-corrected chi connectivity index (χ3v) is 5.38. The van der Waals surface area contributed by atoms with E-state index in [-0.39, 0.29) is 11.7 Å². The molecule has 0 unspecified atom stereocenters. The minimum absolute atomic E-state index is 0.00884. The molecule has 0 radical (unpaired) electrons. The van der Waals surface area contributed by atoms with Crippen molar-refractivity contribution in [2.24, 2.45) is 0 Å². The molecule has 0 spiro atoms. The topological polar surface area (TPSA) is 112 Å². The molecule has 162 valence electrons. The number of aromatic nitrogens is 2. The van der Waals surface area contributed by atoms with E-state index in [1.165, 1.54) is 12.3 Å². The molecule has 4 rings (SSSR count). The quantitative estimate of drug-likeness (QED) is 0.563. The van der Waals surface area contributed by atoms with E-state index < -0.39 is 6.04 Å². The van der Waals surface area contributed by atoms with Crippen molar-refractivity contribution in [1.29, 1.82) is 5.26 Å². The minimum Gasteiger partial charge on any atom is -0.504 e. The molecular formula is C24H23N5O3. The van der Waals surface area contributed by atoms with Gasteiger partial charge in [-0.2, -0.15) is 10.4 Å². The zero-order valence-electron chi connectivity index (χ0n) is 18.0. The van der Waals surface area contributed by atoms with Crippen LogP contribution in [0.5, 0.6) is 11.5 Å². The van der Waals surface area contributed by atoms with Crippen LogP contribution in [0.25, 0.3) is 0 Å². The number of anilines is 2. The van der Waals surface area contributed by atoms with Gasteiger partial charge in [-0.3, -0.25) is 4.79 Å². The lowest BCUT2D eigenvalue weighted by Gasteiger charge is -2.30. The van der Waals surface area contributed by atoms with Gasteiger partial charge in [0.25, 0.3) is 5.91 Å². The predicted molar refractivity (Wildman–Crippen MR) is 120 cm³/mol. The van der Waals surface area contributed by atoms with Crippen LogP contribution in [0.15, 0.2) is 59.9 Å². The molecule has 0 saturated carbocycles. The van der Waals surface area contributed by atoms with Crippen LogP contribution < -0.4 is 15.4 Å². The van der Waals surface area contributed by atoms with Crippen molar-refractivity contribution in [3.8, 4) is 17.6 Å². The van der Waals surface area contributed by atoms with Crippen LogP contribution in [0.1, 0.15) is 36.6 Å². The van der Waals surface area contributed by atoms with E-state index in [9.17, 15) is 15.2 Å². The number of aryl methyl sites for hydroxylation is 1. The fourth-order valence-electron chi connectivity index (χ4n) is 3.81. The average molecular weight is 429 g/mol. The highest BCUT2D eigenvalue weighted by atomic mass is 16.5. The Labute approximate surface area is 185 Å². The second-order valence-corrected chi connectivity index (χ2v) is 7.46. The van der Waals surface area contributed by atoms with E-state index in [1.807, 2.05) is 38.1 Å². The van der Waals surface area contributed by atoms with Gasteiger partial charge in [0.2, 0.25) is 0 Å². The summed E-state index contributed by atoms with van der Waals surface area (Å²) in [6.07, 6.45) is 1.47. The van der Waals surface area contributed by atoms with Gasteiger partial charge in [0.15, 0.2) is 11.5 Å². The number of para-hydroxylation sites is 1. The summed E-state index contributed by atoms with van der Waals surface area (Å²) in [7, 11) is 0. The summed E-state index contributed by atoms with van der Waals surface area (Å²) in [5, 5.41) is 30.2. The third kappa shape index (κ3) is 3.65. The van der Waals surface area contributed by atoms with Crippen LogP contribution in [-0.4, -0.2) is 27.4 Å². The summed E-state index contributed by atoms with van der Waals surface area (Å²) in [6, 6.07) is 14.0. The molecule has 1 aliphatic rings. The Kier molecular flexibility index (Phi) is 5.56. The number of carbonyl (C=O) groups excluding carboxylic acids is 1. The predicted octanol–water partition coefficient (Wildman–Crippen LogP) is 4.10. The second-order valence-electron chi connectivity index (χ2n) is 7.46. The van der Waals surface area contributed by atoms with Gasteiger partial charge >= 0.3 is 0 Å². The normalized spacial score (nSPS) is 14.9. The lowest BCUT2D eigenvalue weighted by Crippen LogP contribution is -2.31. The molecule has 1 aliphatic heterocycles. The zero-order valence-corrected chi connectivity index (χ0v) is 18.0. The summed E-state index contributed by atoms with van der Waals surface area (Å²) in [5.74, 6) is 0.539. The Morgan fingerprint density at radius 3 is 2.81 bits per heavy atom. The Morgan fingerprint density at radius 1 is 1.31 bits per heavy atom. The highest BCUT2D eigenvalue weighted by Gasteiger charge is 2.34. The van der Waals surface area contributed by atoms with E-state index in [4.69, 9.17) is 4.74 Å². The van der Waals surface area contributed by atoms with Crippen molar-refractivity contribution < 1.29 is 14.6 Å². The van der Waals surface area contributed by atoms with Crippen molar-refractivity contribution in [2.45, 2.75) is 26.8 Å². The molecule has 0 aliphatic carbocycles. The zero-order chi connectivity index (χ0) is 22.8. The molecule has 3 aromatic rings. The van der Waals surface area contributed by atoms with Crippen molar-refractivity contribution >= 4 is 17.4 Å². The van der Waals surface area contributed by atoms with Gasteiger partial charge in [-0.05, 0) is 50.1 Å². The molecule has 0 bridgehead atoms. The van der Waals surface area contributed by atoms with E-state index in [0.29, 0.717) is 46.3 Å². The number of rotatable bonds is 5. The lowest BCUT2D eigenvalue weighted by atomic mass is 9.94.